The molecule has 1 aliphatic rings. The molecule has 6 heteroatoms. The summed E-state index contributed by atoms with van der Waals surface area (Å²) in [5.74, 6) is 1.44. The highest BCUT2D eigenvalue weighted by molar-refractivity contribution is 14.0. The largest absolute Gasteiger partial charge is 0.377 e. The van der Waals surface area contributed by atoms with Crippen LogP contribution in [0.2, 0.25) is 0 Å². The van der Waals surface area contributed by atoms with E-state index in [4.69, 9.17) is 4.74 Å². The summed E-state index contributed by atoms with van der Waals surface area (Å²) >= 11 is 0. The summed E-state index contributed by atoms with van der Waals surface area (Å²) in [7, 11) is 3.96. The van der Waals surface area contributed by atoms with Crippen molar-refractivity contribution in [3.8, 4) is 0 Å². The van der Waals surface area contributed by atoms with Crippen LogP contribution in [0.1, 0.15) is 40.5 Å². The molecule has 2 unspecified atom stereocenters. The highest BCUT2D eigenvalue weighted by atomic mass is 127. The minimum atomic E-state index is 0. The monoisotopic (exact) mass is 440 g/mol. The van der Waals surface area contributed by atoms with Crippen LogP contribution in [0.4, 0.5) is 0 Å². The molecular formula is C17H37IN4O. The molecular weight excluding hydrogens is 403 g/mol. The lowest BCUT2D eigenvalue weighted by molar-refractivity contribution is -0.0835. The second-order valence-corrected chi connectivity index (χ2v) is 7.34. The third kappa shape index (κ3) is 8.54. The van der Waals surface area contributed by atoms with Crippen LogP contribution in [0, 0.1) is 11.3 Å². The van der Waals surface area contributed by atoms with E-state index in [-0.39, 0.29) is 29.4 Å². The van der Waals surface area contributed by atoms with Crippen molar-refractivity contribution in [3.05, 3.63) is 0 Å². The highest BCUT2D eigenvalue weighted by Crippen LogP contribution is 2.33. The maximum atomic E-state index is 6.04. The summed E-state index contributed by atoms with van der Waals surface area (Å²) in [6, 6.07) is 0. The minimum Gasteiger partial charge on any atom is -0.377 e. The van der Waals surface area contributed by atoms with Gasteiger partial charge < -0.3 is 20.3 Å². The summed E-state index contributed by atoms with van der Waals surface area (Å²) in [6.07, 6.45) is 2.70. The van der Waals surface area contributed by atoms with E-state index >= 15 is 0 Å². The first-order valence-corrected chi connectivity index (χ1v) is 8.63. The molecule has 0 aromatic heterocycles. The van der Waals surface area contributed by atoms with Gasteiger partial charge in [-0.05, 0) is 31.8 Å². The Morgan fingerprint density at radius 1 is 1.30 bits per heavy atom. The molecule has 1 saturated heterocycles. The normalized spacial score (nSPS) is 22.7. The first kappa shape index (κ1) is 22.9. The first-order chi connectivity index (χ1) is 10.4. The zero-order valence-electron chi connectivity index (χ0n) is 15.8. The summed E-state index contributed by atoms with van der Waals surface area (Å²) in [5, 5.41) is 6.86. The molecule has 1 rings (SSSR count). The summed E-state index contributed by atoms with van der Waals surface area (Å²) in [6.45, 7) is 13.8. The van der Waals surface area contributed by atoms with E-state index in [1.165, 1.54) is 6.42 Å². The second-order valence-electron chi connectivity index (χ2n) is 7.34. The Kier molecular flexibility index (Phi) is 11.4. The van der Waals surface area contributed by atoms with E-state index < -0.39 is 0 Å². The van der Waals surface area contributed by atoms with Gasteiger partial charge in [0.15, 0.2) is 5.96 Å². The smallest absolute Gasteiger partial charge is 0.191 e. The average molecular weight is 440 g/mol. The van der Waals surface area contributed by atoms with Gasteiger partial charge in [-0.15, -0.1) is 24.0 Å². The number of likely N-dealkylation sites (N-methyl/N-ethyl adjacent to an activating group) is 1. The van der Waals surface area contributed by atoms with Crippen molar-refractivity contribution in [3.63, 3.8) is 0 Å². The molecule has 2 atom stereocenters. The standard InChI is InChI=1S/C17H36N4O.HI/c1-7-21(6)11-10-19-16(18-5)20-13-14-9-8-12-22-15(14)17(2,3)4;/h14-15H,7-13H2,1-6H3,(H2,18,19,20);1H. The lowest BCUT2D eigenvalue weighted by Crippen LogP contribution is -2.48. The van der Waals surface area contributed by atoms with E-state index in [1.807, 2.05) is 7.05 Å². The Morgan fingerprint density at radius 3 is 2.57 bits per heavy atom. The van der Waals surface area contributed by atoms with Crippen molar-refractivity contribution >= 4 is 29.9 Å². The van der Waals surface area contributed by atoms with Gasteiger partial charge in [-0.3, -0.25) is 4.99 Å². The molecule has 0 aliphatic carbocycles. The van der Waals surface area contributed by atoms with Gasteiger partial charge in [0.25, 0.3) is 0 Å². The molecule has 0 saturated carbocycles. The SMILES string of the molecule is CCN(C)CCNC(=NC)NCC1CCCOC1C(C)(C)C.I. The zero-order valence-corrected chi connectivity index (χ0v) is 18.1. The third-order valence-electron chi connectivity index (χ3n) is 4.38. The number of hydrogen-bond acceptors (Lipinski definition) is 3. The fraction of sp³-hybridized carbons (Fsp3) is 0.941. The number of hydrogen-bond donors (Lipinski definition) is 2. The van der Waals surface area contributed by atoms with Gasteiger partial charge >= 0.3 is 0 Å². The minimum absolute atomic E-state index is 0. The fourth-order valence-electron chi connectivity index (χ4n) is 2.98. The Labute approximate surface area is 160 Å². The number of nitrogens with one attached hydrogen (secondary N) is 2. The third-order valence-corrected chi connectivity index (χ3v) is 4.38. The summed E-state index contributed by atoms with van der Waals surface area (Å²) in [5.41, 5.74) is 0.188. The topological polar surface area (TPSA) is 48.9 Å². The number of rotatable bonds is 6. The molecule has 1 aliphatic heterocycles. The van der Waals surface area contributed by atoms with Gasteiger partial charge in [0.2, 0.25) is 0 Å². The molecule has 5 nitrogen and oxygen atoms in total. The summed E-state index contributed by atoms with van der Waals surface area (Å²) in [4.78, 5) is 6.60. The van der Waals surface area contributed by atoms with Crippen molar-refractivity contribution in [1.29, 1.82) is 0 Å². The van der Waals surface area contributed by atoms with E-state index in [1.54, 1.807) is 0 Å². The van der Waals surface area contributed by atoms with Crippen molar-refractivity contribution in [2.24, 2.45) is 16.3 Å². The molecule has 0 spiro atoms. The lowest BCUT2D eigenvalue weighted by Gasteiger charge is -2.40. The van der Waals surface area contributed by atoms with Crippen molar-refractivity contribution in [2.75, 3.05) is 46.9 Å². The lowest BCUT2D eigenvalue weighted by atomic mass is 9.78. The number of halogens is 1. The van der Waals surface area contributed by atoms with E-state index in [0.717, 1.165) is 45.2 Å². The van der Waals surface area contributed by atoms with Gasteiger partial charge in [0.05, 0.1) is 6.10 Å². The van der Waals surface area contributed by atoms with Crippen molar-refractivity contribution < 1.29 is 4.74 Å². The van der Waals surface area contributed by atoms with Crippen LogP contribution in [-0.2, 0) is 4.74 Å². The molecule has 0 radical (unpaired) electrons. The fourth-order valence-corrected chi connectivity index (χ4v) is 2.98. The molecule has 1 fully saturated rings. The molecule has 0 amide bonds. The van der Waals surface area contributed by atoms with Crippen LogP contribution in [-0.4, -0.2) is 63.8 Å². The van der Waals surface area contributed by atoms with Crippen LogP contribution in [0.3, 0.4) is 0 Å². The predicted octanol–water partition coefficient (Wildman–Crippen LogP) is 2.56. The van der Waals surface area contributed by atoms with E-state index in [2.05, 4.69) is 55.3 Å². The Bertz CT molecular complexity index is 344. The Morgan fingerprint density at radius 2 is 2.00 bits per heavy atom. The molecule has 0 aromatic carbocycles. The Balaban J connectivity index is 0.00000484. The molecule has 0 aromatic rings. The maximum absolute atomic E-state index is 6.04. The van der Waals surface area contributed by atoms with Crippen LogP contribution in [0.25, 0.3) is 0 Å². The van der Waals surface area contributed by atoms with Crippen LogP contribution in [0.5, 0.6) is 0 Å². The molecule has 23 heavy (non-hydrogen) atoms. The van der Waals surface area contributed by atoms with E-state index in [0.29, 0.717) is 12.0 Å². The predicted molar refractivity (Wildman–Crippen MR) is 110 cm³/mol. The van der Waals surface area contributed by atoms with Crippen LogP contribution < -0.4 is 10.6 Å². The second kappa shape index (κ2) is 11.5. The molecule has 138 valence electrons. The number of nitrogens with zero attached hydrogens (tertiary/aromatic N) is 2. The van der Waals surface area contributed by atoms with Gasteiger partial charge in [-0.1, -0.05) is 27.7 Å². The number of ether oxygens (including phenoxy) is 1. The average Bonchev–Trinajstić information content (AvgIpc) is 2.49. The van der Waals surface area contributed by atoms with Crippen LogP contribution >= 0.6 is 24.0 Å². The van der Waals surface area contributed by atoms with Crippen molar-refractivity contribution in [2.45, 2.75) is 46.6 Å². The van der Waals surface area contributed by atoms with Gasteiger partial charge in [-0.25, -0.2) is 0 Å². The molecule has 0 bridgehead atoms. The molecule has 2 N–H and O–H groups in total. The van der Waals surface area contributed by atoms with Gasteiger partial charge in [0.1, 0.15) is 0 Å². The summed E-state index contributed by atoms with van der Waals surface area (Å²) < 4.78 is 6.04. The maximum Gasteiger partial charge on any atom is 0.191 e. The van der Waals surface area contributed by atoms with Crippen molar-refractivity contribution in [1.82, 2.24) is 15.5 Å². The Hall–Kier alpha value is -0.0800. The highest BCUT2D eigenvalue weighted by Gasteiger charge is 2.35. The van der Waals surface area contributed by atoms with Crippen LogP contribution in [0.15, 0.2) is 4.99 Å². The number of guanidine groups is 1. The zero-order chi connectivity index (χ0) is 16.6. The first-order valence-electron chi connectivity index (χ1n) is 8.63. The van der Waals surface area contributed by atoms with E-state index in [9.17, 15) is 0 Å². The van der Waals surface area contributed by atoms with Gasteiger partial charge in [0, 0.05) is 39.2 Å². The quantitative estimate of drug-likeness (QED) is 0.379. The molecule has 1 heterocycles. The van der Waals surface area contributed by atoms with Gasteiger partial charge in [-0.2, -0.15) is 0 Å². The number of aliphatic imine (C=N–C) groups is 1.